The minimum Gasteiger partial charge on any atom is -0.381 e. The van der Waals surface area contributed by atoms with Gasteiger partial charge in [-0.15, -0.1) is 0 Å². The zero-order valence-electron chi connectivity index (χ0n) is 18.1. The highest BCUT2D eigenvalue weighted by molar-refractivity contribution is 6.07. The highest BCUT2D eigenvalue weighted by atomic mass is 16.5. The van der Waals surface area contributed by atoms with Gasteiger partial charge in [0.25, 0.3) is 5.91 Å². The molecule has 0 saturated heterocycles. The zero-order chi connectivity index (χ0) is 22.2. The number of benzene rings is 3. The fourth-order valence-electron chi connectivity index (χ4n) is 3.90. The molecule has 164 valence electrons. The van der Waals surface area contributed by atoms with E-state index in [0.717, 1.165) is 18.5 Å². The first-order chi connectivity index (χ1) is 15.7. The monoisotopic (exact) mass is 428 g/mol. The lowest BCUT2D eigenvalue weighted by molar-refractivity contribution is -0.116. The summed E-state index contributed by atoms with van der Waals surface area (Å²) in [6.45, 7) is 1.91. The van der Waals surface area contributed by atoms with E-state index < -0.39 is 0 Å². The predicted octanol–water partition coefficient (Wildman–Crippen LogP) is 4.87. The van der Waals surface area contributed by atoms with Crippen molar-refractivity contribution in [2.75, 3.05) is 30.0 Å². The third kappa shape index (κ3) is 5.62. The van der Waals surface area contributed by atoms with Crippen LogP contribution in [0.1, 0.15) is 34.3 Å². The number of anilines is 2. The minimum atomic E-state index is -0.0517. The number of fused-ring (bicyclic) bond motifs is 1. The van der Waals surface area contributed by atoms with E-state index in [4.69, 9.17) is 4.74 Å². The average molecular weight is 429 g/mol. The Bertz CT molecular complexity index is 1050. The van der Waals surface area contributed by atoms with Crippen LogP contribution in [0.15, 0.2) is 78.9 Å². The molecular weight excluding hydrogens is 400 g/mol. The Morgan fingerprint density at radius 2 is 1.62 bits per heavy atom. The zero-order valence-corrected chi connectivity index (χ0v) is 18.1. The molecule has 0 aliphatic carbocycles. The van der Waals surface area contributed by atoms with E-state index >= 15 is 0 Å². The van der Waals surface area contributed by atoms with Crippen molar-refractivity contribution in [3.8, 4) is 0 Å². The van der Waals surface area contributed by atoms with Crippen LogP contribution in [0, 0.1) is 0 Å². The smallest absolute Gasteiger partial charge is 0.258 e. The first-order valence-electron chi connectivity index (χ1n) is 11.1. The van der Waals surface area contributed by atoms with E-state index in [2.05, 4.69) is 23.5 Å². The van der Waals surface area contributed by atoms with Crippen LogP contribution in [-0.4, -0.2) is 31.6 Å². The van der Waals surface area contributed by atoms with Crippen molar-refractivity contribution in [3.63, 3.8) is 0 Å². The maximum absolute atomic E-state index is 12.9. The van der Waals surface area contributed by atoms with E-state index in [1.165, 1.54) is 11.1 Å². The van der Waals surface area contributed by atoms with Crippen LogP contribution in [-0.2, 0) is 22.4 Å². The van der Waals surface area contributed by atoms with Gasteiger partial charge in [-0.1, -0.05) is 48.5 Å². The molecule has 0 bridgehead atoms. The molecule has 3 aromatic carbocycles. The van der Waals surface area contributed by atoms with Crippen LogP contribution in [0.4, 0.5) is 11.4 Å². The lowest BCUT2D eigenvalue weighted by Crippen LogP contribution is -2.28. The van der Waals surface area contributed by atoms with Gasteiger partial charge in [0.2, 0.25) is 5.91 Å². The molecule has 2 amide bonds. The summed E-state index contributed by atoms with van der Waals surface area (Å²) in [5.41, 5.74) is 4.75. The van der Waals surface area contributed by atoms with Gasteiger partial charge in [0.1, 0.15) is 0 Å². The maximum Gasteiger partial charge on any atom is 0.258 e. The van der Waals surface area contributed by atoms with Crippen LogP contribution in [0.3, 0.4) is 0 Å². The van der Waals surface area contributed by atoms with Gasteiger partial charge in [-0.2, -0.15) is 0 Å². The Morgan fingerprint density at radius 1 is 0.875 bits per heavy atom. The molecule has 32 heavy (non-hydrogen) atoms. The van der Waals surface area contributed by atoms with Crippen molar-refractivity contribution in [2.45, 2.75) is 25.7 Å². The molecule has 0 saturated carbocycles. The average Bonchev–Trinajstić information content (AvgIpc) is 3.26. The second kappa shape index (κ2) is 10.7. The highest BCUT2D eigenvalue weighted by Crippen LogP contribution is 2.29. The summed E-state index contributed by atoms with van der Waals surface area (Å²) in [5.74, 6) is -0.0651. The fourth-order valence-corrected chi connectivity index (χ4v) is 3.90. The van der Waals surface area contributed by atoms with Crippen LogP contribution >= 0.6 is 0 Å². The van der Waals surface area contributed by atoms with Crippen LogP contribution < -0.4 is 10.2 Å². The summed E-state index contributed by atoms with van der Waals surface area (Å²) in [4.78, 5) is 26.9. The summed E-state index contributed by atoms with van der Waals surface area (Å²) in [6.07, 6.45) is 2.83. The van der Waals surface area contributed by atoms with Crippen LogP contribution in [0.25, 0.3) is 0 Å². The van der Waals surface area contributed by atoms with Crippen molar-refractivity contribution in [2.24, 2.45) is 0 Å². The Hall–Kier alpha value is -3.44. The van der Waals surface area contributed by atoms with Crippen molar-refractivity contribution in [1.82, 2.24) is 0 Å². The SMILES string of the molecule is O=C(CCCOCCc1ccccc1)Nc1ccc(C(=O)N2CCc3ccccc32)cc1. The standard InChI is InChI=1S/C27H28N2O3/c30-26(11-6-19-32-20-17-21-7-2-1-3-8-21)28-24-14-12-23(13-15-24)27(31)29-18-16-22-9-4-5-10-25(22)29/h1-5,7-10,12-15H,6,11,16-20H2,(H,28,30). The van der Waals surface area contributed by atoms with Gasteiger partial charge in [-0.25, -0.2) is 0 Å². The summed E-state index contributed by atoms with van der Waals surface area (Å²) in [7, 11) is 0. The molecule has 0 spiro atoms. The number of carbonyl (C=O) groups excluding carboxylic acids is 2. The Kier molecular flexibility index (Phi) is 7.31. The third-order valence-electron chi connectivity index (χ3n) is 5.62. The second-order valence-corrected chi connectivity index (χ2v) is 7.91. The molecule has 1 aliphatic heterocycles. The fraction of sp³-hybridized carbons (Fsp3) is 0.259. The number of nitrogens with zero attached hydrogens (tertiary/aromatic N) is 1. The quantitative estimate of drug-likeness (QED) is 0.495. The number of ether oxygens (including phenoxy) is 1. The Balaban J connectivity index is 1.18. The molecule has 3 aromatic rings. The molecule has 5 heteroatoms. The lowest BCUT2D eigenvalue weighted by Gasteiger charge is -2.17. The van der Waals surface area contributed by atoms with Gasteiger partial charge < -0.3 is 15.0 Å². The predicted molar refractivity (Wildman–Crippen MR) is 127 cm³/mol. The van der Waals surface area contributed by atoms with E-state index in [9.17, 15) is 9.59 Å². The minimum absolute atomic E-state index is 0.0134. The molecule has 1 aliphatic rings. The summed E-state index contributed by atoms with van der Waals surface area (Å²) >= 11 is 0. The molecule has 0 aromatic heterocycles. The van der Waals surface area contributed by atoms with Crippen molar-refractivity contribution < 1.29 is 14.3 Å². The van der Waals surface area contributed by atoms with Crippen LogP contribution in [0.2, 0.25) is 0 Å². The Morgan fingerprint density at radius 3 is 2.44 bits per heavy atom. The van der Waals surface area contributed by atoms with E-state index in [1.807, 2.05) is 41.3 Å². The van der Waals surface area contributed by atoms with E-state index in [-0.39, 0.29) is 11.8 Å². The molecule has 1 heterocycles. The highest BCUT2D eigenvalue weighted by Gasteiger charge is 2.24. The molecule has 4 rings (SSSR count). The molecule has 0 radical (unpaired) electrons. The number of nitrogens with one attached hydrogen (secondary N) is 1. The summed E-state index contributed by atoms with van der Waals surface area (Å²) in [5, 5.41) is 2.89. The number of para-hydroxylation sites is 1. The van der Waals surface area contributed by atoms with Gasteiger partial charge in [0.15, 0.2) is 0 Å². The first kappa shape index (κ1) is 21.8. The number of rotatable bonds is 9. The molecule has 0 unspecified atom stereocenters. The number of amides is 2. The first-order valence-corrected chi connectivity index (χ1v) is 11.1. The molecule has 5 nitrogen and oxygen atoms in total. The van der Waals surface area contributed by atoms with Gasteiger partial charge in [0, 0.05) is 36.5 Å². The maximum atomic E-state index is 12.9. The molecule has 1 N–H and O–H groups in total. The molecule has 0 atom stereocenters. The van der Waals surface area contributed by atoms with E-state index in [1.54, 1.807) is 24.3 Å². The molecular formula is C27H28N2O3. The Labute approximate surface area is 189 Å². The summed E-state index contributed by atoms with van der Waals surface area (Å²) in [6, 6.07) is 25.3. The normalized spacial score (nSPS) is 12.4. The number of carbonyl (C=O) groups is 2. The van der Waals surface area contributed by atoms with Gasteiger partial charge >= 0.3 is 0 Å². The lowest BCUT2D eigenvalue weighted by atomic mass is 10.1. The van der Waals surface area contributed by atoms with Gasteiger partial charge in [-0.3, -0.25) is 9.59 Å². The van der Waals surface area contributed by atoms with Gasteiger partial charge in [0.05, 0.1) is 6.61 Å². The largest absolute Gasteiger partial charge is 0.381 e. The topological polar surface area (TPSA) is 58.6 Å². The number of hydrogen-bond acceptors (Lipinski definition) is 3. The third-order valence-corrected chi connectivity index (χ3v) is 5.62. The molecule has 0 fully saturated rings. The number of hydrogen-bond donors (Lipinski definition) is 1. The summed E-state index contributed by atoms with van der Waals surface area (Å²) < 4.78 is 5.63. The van der Waals surface area contributed by atoms with Crippen LogP contribution in [0.5, 0.6) is 0 Å². The second-order valence-electron chi connectivity index (χ2n) is 7.91. The van der Waals surface area contributed by atoms with Gasteiger partial charge in [-0.05, 0) is 60.7 Å². The van der Waals surface area contributed by atoms with Crippen molar-refractivity contribution >= 4 is 23.2 Å². The van der Waals surface area contributed by atoms with Crippen molar-refractivity contribution in [3.05, 3.63) is 95.6 Å². The van der Waals surface area contributed by atoms with E-state index in [0.29, 0.717) is 43.9 Å². The van der Waals surface area contributed by atoms with Crippen molar-refractivity contribution in [1.29, 1.82) is 0 Å².